The number of benzene rings is 1. The number of thiophene rings is 1. The third-order valence-corrected chi connectivity index (χ3v) is 6.60. The quantitative estimate of drug-likeness (QED) is 0.745. The third kappa shape index (κ3) is 3.69. The summed E-state index contributed by atoms with van der Waals surface area (Å²) in [5, 5.41) is 4.83. The first-order chi connectivity index (χ1) is 11.0. The molecule has 0 spiro atoms. The zero-order chi connectivity index (χ0) is 16.4. The molecule has 7 heteroatoms. The van der Waals surface area contributed by atoms with Crippen molar-refractivity contribution in [1.82, 2.24) is 9.71 Å². The lowest BCUT2D eigenvalue weighted by molar-refractivity contribution is 0.581. The Labute approximate surface area is 143 Å². The lowest BCUT2D eigenvalue weighted by Gasteiger charge is -2.10. The van der Waals surface area contributed by atoms with Gasteiger partial charge in [-0.25, -0.2) is 18.1 Å². The Hall–Kier alpha value is -1.54. The van der Waals surface area contributed by atoms with Crippen molar-refractivity contribution in [2.45, 2.75) is 25.3 Å². The molecule has 120 valence electrons. The Morgan fingerprint density at radius 2 is 2.00 bits per heavy atom. The number of hydrogen-bond donors (Lipinski definition) is 1. The summed E-state index contributed by atoms with van der Waals surface area (Å²) in [6.07, 6.45) is 0. The number of sulfonamides is 1. The van der Waals surface area contributed by atoms with E-state index in [0.29, 0.717) is 11.4 Å². The Balaban J connectivity index is 1.91. The first-order valence-corrected chi connectivity index (χ1v) is 10.3. The van der Waals surface area contributed by atoms with Crippen LogP contribution in [0.15, 0.2) is 46.0 Å². The number of hydrogen-bond acceptors (Lipinski definition) is 5. The topological polar surface area (TPSA) is 59.1 Å². The average Bonchev–Trinajstić information content (AvgIpc) is 3.17. The summed E-state index contributed by atoms with van der Waals surface area (Å²) >= 11 is 3.08. The second-order valence-corrected chi connectivity index (χ2v) is 8.97. The van der Waals surface area contributed by atoms with Crippen LogP contribution in [0.4, 0.5) is 0 Å². The number of rotatable bonds is 5. The van der Waals surface area contributed by atoms with Gasteiger partial charge < -0.3 is 0 Å². The van der Waals surface area contributed by atoms with Crippen molar-refractivity contribution < 1.29 is 8.42 Å². The molecule has 0 fully saturated rings. The Morgan fingerprint density at radius 1 is 1.17 bits per heavy atom. The van der Waals surface area contributed by atoms with Crippen LogP contribution in [0.2, 0.25) is 0 Å². The highest BCUT2D eigenvalue weighted by molar-refractivity contribution is 7.89. The maximum absolute atomic E-state index is 12.6. The van der Waals surface area contributed by atoms with E-state index in [2.05, 4.69) is 9.71 Å². The van der Waals surface area contributed by atoms with E-state index < -0.39 is 10.0 Å². The Kier molecular flexibility index (Phi) is 4.63. The van der Waals surface area contributed by atoms with Gasteiger partial charge >= 0.3 is 0 Å². The zero-order valence-corrected chi connectivity index (χ0v) is 15.2. The first kappa shape index (κ1) is 16.3. The lowest BCUT2D eigenvalue weighted by atomic mass is 10.1. The highest BCUT2D eigenvalue weighted by Crippen LogP contribution is 2.26. The number of nitrogens with one attached hydrogen (secondary N) is 1. The van der Waals surface area contributed by atoms with Crippen molar-refractivity contribution in [2.75, 3.05) is 0 Å². The van der Waals surface area contributed by atoms with Crippen LogP contribution in [-0.4, -0.2) is 13.4 Å². The predicted molar refractivity (Wildman–Crippen MR) is 95.4 cm³/mol. The monoisotopic (exact) mass is 364 g/mol. The van der Waals surface area contributed by atoms with Crippen LogP contribution in [-0.2, 0) is 16.6 Å². The van der Waals surface area contributed by atoms with E-state index in [4.69, 9.17) is 0 Å². The molecule has 1 aromatic carbocycles. The van der Waals surface area contributed by atoms with Gasteiger partial charge in [-0.1, -0.05) is 18.2 Å². The fraction of sp³-hybridized carbons (Fsp3) is 0.188. The highest BCUT2D eigenvalue weighted by Gasteiger charge is 2.18. The summed E-state index contributed by atoms with van der Waals surface area (Å²) in [5.41, 5.74) is 2.35. The lowest BCUT2D eigenvalue weighted by Crippen LogP contribution is -2.23. The molecule has 0 radical (unpaired) electrons. The molecule has 0 saturated carbocycles. The van der Waals surface area contributed by atoms with Crippen molar-refractivity contribution in [3.8, 4) is 11.3 Å². The molecule has 0 aliphatic carbocycles. The number of thiazole rings is 1. The van der Waals surface area contributed by atoms with Crippen LogP contribution in [0.5, 0.6) is 0 Å². The fourth-order valence-corrected chi connectivity index (χ4v) is 4.84. The van der Waals surface area contributed by atoms with Crippen molar-refractivity contribution >= 4 is 32.7 Å². The molecule has 0 amide bonds. The maximum Gasteiger partial charge on any atom is 0.241 e. The predicted octanol–water partition coefficient (Wildman–Crippen LogP) is 3.97. The van der Waals surface area contributed by atoms with E-state index in [9.17, 15) is 8.42 Å². The summed E-state index contributed by atoms with van der Waals surface area (Å²) in [7, 11) is -3.56. The number of aryl methyl sites for hydroxylation is 2. The van der Waals surface area contributed by atoms with Gasteiger partial charge in [0.15, 0.2) is 0 Å². The van der Waals surface area contributed by atoms with Crippen LogP contribution in [0, 0.1) is 13.8 Å². The van der Waals surface area contributed by atoms with Crippen LogP contribution in [0.25, 0.3) is 11.3 Å². The Bertz CT molecular complexity index is 913. The van der Waals surface area contributed by atoms with E-state index >= 15 is 0 Å². The number of nitrogens with zero attached hydrogens (tertiary/aromatic N) is 1. The first-order valence-electron chi connectivity index (χ1n) is 7.01. The molecule has 1 N–H and O–H groups in total. The van der Waals surface area contributed by atoms with E-state index in [-0.39, 0.29) is 0 Å². The van der Waals surface area contributed by atoms with Crippen molar-refractivity contribution in [3.63, 3.8) is 0 Å². The van der Waals surface area contributed by atoms with Gasteiger partial charge in [-0.3, -0.25) is 0 Å². The molecule has 23 heavy (non-hydrogen) atoms. The van der Waals surface area contributed by atoms with E-state index in [1.54, 1.807) is 24.3 Å². The third-order valence-electron chi connectivity index (χ3n) is 3.41. The van der Waals surface area contributed by atoms with Crippen molar-refractivity contribution in [2.24, 2.45) is 0 Å². The summed E-state index contributed by atoms with van der Waals surface area (Å²) < 4.78 is 27.9. The van der Waals surface area contributed by atoms with Gasteiger partial charge in [0.25, 0.3) is 0 Å². The smallest absolute Gasteiger partial charge is 0.241 e. The molecule has 3 rings (SSSR count). The van der Waals surface area contributed by atoms with Crippen LogP contribution >= 0.6 is 22.7 Å². The molecule has 0 aliphatic heterocycles. The molecule has 0 bridgehead atoms. The van der Waals surface area contributed by atoms with Crippen molar-refractivity contribution in [3.05, 3.63) is 56.5 Å². The second-order valence-electron chi connectivity index (χ2n) is 5.14. The molecular weight excluding hydrogens is 348 g/mol. The average molecular weight is 365 g/mol. The number of aromatic nitrogens is 1. The second kappa shape index (κ2) is 6.52. The molecule has 0 saturated heterocycles. The van der Waals surface area contributed by atoms with Crippen molar-refractivity contribution in [1.29, 1.82) is 0 Å². The van der Waals surface area contributed by atoms with Gasteiger partial charge in [-0.2, -0.15) is 0 Å². The van der Waals surface area contributed by atoms with Gasteiger partial charge in [0.2, 0.25) is 10.0 Å². The van der Waals surface area contributed by atoms with Crippen LogP contribution in [0.3, 0.4) is 0 Å². The van der Waals surface area contributed by atoms with E-state index in [1.807, 2.05) is 41.9 Å². The Morgan fingerprint density at radius 3 is 2.65 bits per heavy atom. The molecule has 2 heterocycles. The minimum absolute atomic E-state index is 0.303. The van der Waals surface area contributed by atoms with Gasteiger partial charge in [0, 0.05) is 22.4 Å². The van der Waals surface area contributed by atoms with Gasteiger partial charge in [0.05, 0.1) is 15.6 Å². The standard InChI is InChI=1S/C16H16N2O2S3/c1-11-5-6-13(15-10-22-12(2)18-15)8-16(11)23(19,20)17-9-14-4-3-7-21-14/h3-8,10,17H,9H2,1-2H3. The molecule has 3 aromatic rings. The zero-order valence-electron chi connectivity index (χ0n) is 12.7. The van der Waals surface area contributed by atoms with E-state index in [0.717, 1.165) is 26.7 Å². The largest absolute Gasteiger partial charge is 0.242 e. The fourth-order valence-electron chi connectivity index (χ4n) is 2.20. The molecular formula is C16H16N2O2S3. The molecule has 4 nitrogen and oxygen atoms in total. The molecule has 0 atom stereocenters. The van der Waals surface area contributed by atoms with Gasteiger partial charge in [-0.05, 0) is 36.9 Å². The normalized spacial score (nSPS) is 11.7. The summed E-state index contributed by atoms with van der Waals surface area (Å²) in [4.78, 5) is 5.71. The van der Waals surface area contributed by atoms with Gasteiger partial charge in [0.1, 0.15) is 0 Å². The minimum atomic E-state index is -3.56. The highest BCUT2D eigenvalue weighted by atomic mass is 32.2. The van der Waals surface area contributed by atoms with Crippen LogP contribution < -0.4 is 4.72 Å². The van der Waals surface area contributed by atoms with E-state index in [1.165, 1.54) is 11.3 Å². The summed E-state index contributed by atoms with van der Waals surface area (Å²) in [5.74, 6) is 0. The van der Waals surface area contributed by atoms with Crippen LogP contribution in [0.1, 0.15) is 15.4 Å². The SMILES string of the molecule is Cc1nc(-c2ccc(C)c(S(=O)(=O)NCc3cccs3)c2)cs1. The molecule has 0 unspecified atom stereocenters. The molecule has 2 aromatic heterocycles. The summed E-state index contributed by atoms with van der Waals surface area (Å²) in [6.45, 7) is 4.04. The maximum atomic E-state index is 12.6. The minimum Gasteiger partial charge on any atom is -0.242 e. The molecule has 0 aliphatic rings. The van der Waals surface area contributed by atoms with Gasteiger partial charge in [-0.15, -0.1) is 22.7 Å². The summed E-state index contributed by atoms with van der Waals surface area (Å²) in [6, 6.07) is 9.24.